The fourth-order valence-corrected chi connectivity index (χ4v) is 1.78. The molecule has 0 radical (unpaired) electrons. The molecule has 1 atom stereocenters. The van der Waals surface area contributed by atoms with Crippen LogP contribution < -0.4 is 5.32 Å². The van der Waals surface area contributed by atoms with E-state index in [9.17, 15) is 14.3 Å². The Kier molecular flexibility index (Phi) is 4.51. The van der Waals surface area contributed by atoms with Crippen molar-refractivity contribution >= 4 is 21.8 Å². The summed E-state index contributed by atoms with van der Waals surface area (Å²) < 4.78 is 13.0. The number of carbonyl (C=O) groups excluding carboxylic acids is 1. The van der Waals surface area contributed by atoms with Gasteiger partial charge < -0.3 is 10.4 Å². The molecule has 0 aliphatic heterocycles. The predicted octanol–water partition coefficient (Wildman–Crippen LogP) is 2.82. The number of nitrogens with one attached hydrogen (secondary N) is 1. The van der Waals surface area contributed by atoms with Gasteiger partial charge in [-0.15, -0.1) is 0 Å². The lowest BCUT2D eigenvalue weighted by Gasteiger charge is -2.27. The number of alkyl halides is 1. The molecule has 5 heteroatoms. The van der Waals surface area contributed by atoms with E-state index in [1.54, 1.807) is 0 Å². The first kappa shape index (κ1) is 14.0. The number of rotatable bonds is 4. The second kappa shape index (κ2) is 5.49. The molecular formula is C12H15BrFNO2. The van der Waals surface area contributed by atoms with Crippen molar-refractivity contribution < 1.29 is 14.3 Å². The molecule has 0 aliphatic carbocycles. The monoisotopic (exact) mass is 303 g/mol. The maximum atomic E-state index is 13.0. The summed E-state index contributed by atoms with van der Waals surface area (Å²) in [5.74, 6) is -1.26. The number of halogens is 2. The van der Waals surface area contributed by atoms with Crippen molar-refractivity contribution in [1.82, 2.24) is 5.32 Å². The summed E-state index contributed by atoms with van der Waals surface area (Å²) in [5.41, 5.74) is -0.471. The van der Waals surface area contributed by atoms with Crippen LogP contribution in [-0.2, 0) is 0 Å². The molecule has 0 bridgehead atoms. The summed E-state index contributed by atoms with van der Waals surface area (Å²) >= 11 is 3.31. The largest absolute Gasteiger partial charge is 0.507 e. The molecule has 1 unspecified atom stereocenters. The highest BCUT2D eigenvalue weighted by atomic mass is 79.9. The van der Waals surface area contributed by atoms with Crippen LogP contribution in [0.1, 0.15) is 30.6 Å². The summed E-state index contributed by atoms with van der Waals surface area (Å²) in [6.07, 6.45) is 0.722. The number of phenolic OH excluding ortho intramolecular Hbond substituents is 1. The normalized spacial score (nSPS) is 14.1. The third-order valence-electron chi connectivity index (χ3n) is 2.69. The van der Waals surface area contributed by atoms with Gasteiger partial charge in [0.15, 0.2) is 0 Å². The predicted molar refractivity (Wildman–Crippen MR) is 68.0 cm³/mol. The van der Waals surface area contributed by atoms with E-state index in [1.807, 2.05) is 13.8 Å². The molecule has 1 aromatic carbocycles. The van der Waals surface area contributed by atoms with Crippen LogP contribution in [0.4, 0.5) is 4.39 Å². The van der Waals surface area contributed by atoms with Gasteiger partial charge in [-0.25, -0.2) is 4.39 Å². The lowest BCUT2D eigenvalue weighted by atomic mass is 10.0. The number of hydrogen-bond donors (Lipinski definition) is 2. The molecule has 1 amide bonds. The van der Waals surface area contributed by atoms with Gasteiger partial charge in [-0.2, -0.15) is 0 Å². The highest BCUT2D eigenvalue weighted by Gasteiger charge is 2.24. The number of hydrogen-bond acceptors (Lipinski definition) is 2. The van der Waals surface area contributed by atoms with Crippen molar-refractivity contribution in [3.05, 3.63) is 29.6 Å². The van der Waals surface area contributed by atoms with Gasteiger partial charge in [0, 0.05) is 10.9 Å². The Balaban J connectivity index is 2.94. The fraction of sp³-hybridized carbons (Fsp3) is 0.417. The van der Waals surface area contributed by atoms with E-state index in [1.165, 1.54) is 6.07 Å². The van der Waals surface area contributed by atoms with Gasteiger partial charge in [-0.05, 0) is 31.5 Å². The molecule has 0 spiro atoms. The van der Waals surface area contributed by atoms with Crippen LogP contribution in [0, 0.1) is 5.82 Å². The van der Waals surface area contributed by atoms with Gasteiger partial charge in [-0.1, -0.05) is 22.9 Å². The van der Waals surface area contributed by atoms with E-state index < -0.39 is 17.3 Å². The molecule has 2 N–H and O–H groups in total. The number of amides is 1. The number of aromatic hydroxyl groups is 1. The SMILES string of the molecule is CCC(C)(CBr)NC(=O)c1cc(F)ccc1O. The third-order valence-corrected chi connectivity index (χ3v) is 3.93. The molecule has 0 fully saturated rings. The topological polar surface area (TPSA) is 49.3 Å². The molecule has 1 rings (SSSR count). The molecule has 0 aromatic heterocycles. The Bertz CT molecular complexity index is 419. The van der Waals surface area contributed by atoms with Crippen LogP contribution in [-0.4, -0.2) is 21.9 Å². The van der Waals surface area contributed by atoms with Gasteiger partial charge in [0.2, 0.25) is 0 Å². The molecule has 0 aliphatic rings. The summed E-state index contributed by atoms with van der Waals surface area (Å²) in [6, 6.07) is 3.30. The standard InChI is InChI=1S/C12H15BrFNO2/c1-3-12(2,7-13)15-11(17)9-6-8(14)4-5-10(9)16/h4-6,16H,3,7H2,1-2H3,(H,15,17). The lowest BCUT2D eigenvalue weighted by Crippen LogP contribution is -2.46. The van der Waals surface area contributed by atoms with E-state index >= 15 is 0 Å². The Labute approximate surface area is 108 Å². The van der Waals surface area contributed by atoms with E-state index in [4.69, 9.17) is 0 Å². The zero-order valence-corrected chi connectivity index (χ0v) is 11.3. The van der Waals surface area contributed by atoms with E-state index in [0.717, 1.165) is 18.6 Å². The third kappa shape index (κ3) is 3.43. The van der Waals surface area contributed by atoms with Crippen LogP contribution >= 0.6 is 15.9 Å². The molecule has 94 valence electrons. The maximum absolute atomic E-state index is 13.0. The summed E-state index contributed by atoms with van der Waals surface area (Å²) in [6.45, 7) is 3.81. The summed E-state index contributed by atoms with van der Waals surface area (Å²) in [7, 11) is 0. The quantitative estimate of drug-likeness (QED) is 0.840. The van der Waals surface area contributed by atoms with Gasteiger partial charge in [0.1, 0.15) is 11.6 Å². The Morgan fingerprint density at radius 2 is 2.24 bits per heavy atom. The highest BCUT2D eigenvalue weighted by Crippen LogP contribution is 2.20. The fourth-order valence-electron chi connectivity index (χ4n) is 1.25. The zero-order valence-electron chi connectivity index (χ0n) is 9.76. The molecule has 17 heavy (non-hydrogen) atoms. The second-order valence-corrected chi connectivity index (χ2v) is 4.72. The first-order valence-corrected chi connectivity index (χ1v) is 6.41. The van der Waals surface area contributed by atoms with Crippen LogP contribution in [0.3, 0.4) is 0 Å². The van der Waals surface area contributed by atoms with Crippen LogP contribution in [0.15, 0.2) is 18.2 Å². The zero-order chi connectivity index (χ0) is 13.1. The molecule has 3 nitrogen and oxygen atoms in total. The van der Waals surface area contributed by atoms with Crippen molar-refractivity contribution in [1.29, 1.82) is 0 Å². The van der Waals surface area contributed by atoms with Crippen molar-refractivity contribution in [2.24, 2.45) is 0 Å². The number of benzene rings is 1. The van der Waals surface area contributed by atoms with E-state index in [0.29, 0.717) is 5.33 Å². The minimum atomic E-state index is -0.551. The average Bonchev–Trinajstić information content (AvgIpc) is 2.32. The van der Waals surface area contributed by atoms with Crippen LogP contribution in [0.2, 0.25) is 0 Å². The molecule has 1 aromatic rings. The molecular weight excluding hydrogens is 289 g/mol. The van der Waals surface area contributed by atoms with Gasteiger partial charge in [0.25, 0.3) is 5.91 Å². The van der Waals surface area contributed by atoms with E-state index in [-0.39, 0.29) is 11.3 Å². The smallest absolute Gasteiger partial charge is 0.255 e. The van der Waals surface area contributed by atoms with Gasteiger partial charge in [-0.3, -0.25) is 4.79 Å². The maximum Gasteiger partial charge on any atom is 0.255 e. The van der Waals surface area contributed by atoms with Crippen molar-refractivity contribution in [2.75, 3.05) is 5.33 Å². The first-order chi connectivity index (χ1) is 7.91. The minimum absolute atomic E-state index is 0.0503. The Morgan fingerprint density at radius 3 is 2.76 bits per heavy atom. The number of carbonyl (C=O) groups is 1. The molecule has 0 heterocycles. The Hall–Kier alpha value is -1.10. The molecule has 0 saturated heterocycles. The van der Waals surface area contributed by atoms with Crippen molar-refractivity contribution in [3.63, 3.8) is 0 Å². The second-order valence-electron chi connectivity index (χ2n) is 4.16. The van der Waals surface area contributed by atoms with Crippen molar-refractivity contribution in [2.45, 2.75) is 25.8 Å². The highest BCUT2D eigenvalue weighted by molar-refractivity contribution is 9.09. The van der Waals surface area contributed by atoms with Crippen LogP contribution in [0.25, 0.3) is 0 Å². The minimum Gasteiger partial charge on any atom is -0.507 e. The summed E-state index contributed by atoms with van der Waals surface area (Å²) in [5, 5.41) is 12.9. The van der Waals surface area contributed by atoms with Crippen LogP contribution in [0.5, 0.6) is 5.75 Å². The van der Waals surface area contributed by atoms with E-state index in [2.05, 4.69) is 21.2 Å². The first-order valence-electron chi connectivity index (χ1n) is 5.29. The van der Waals surface area contributed by atoms with Gasteiger partial charge >= 0.3 is 0 Å². The van der Waals surface area contributed by atoms with Crippen molar-refractivity contribution in [3.8, 4) is 5.75 Å². The van der Waals surface area contributed by atoms with Gasteiger partial charge in [0.05, 0.1) is 5.56 Å². The molecule has 0 saturated carbocycles. The Morgan fingerprint density at radius 1 is 1.59 bits per heavy atom. The summed E-state index contributed by atoms with van der Waals surface area (Å²) in [4.78, 5) is 11.9. The number of phenols is 1. The lowest BCUT2D eigenvalue weighted by molar-refractivity contribution is 0.0910. The average molecular weight is 304 g/mol.